The van der Waals surface area contributed by atoms with E-state index in [1.807, 2.05) is 22.9 Å². The van der Waals surface area contributed by atoms with E-state index in [0.29, 0.717) is 0 Å². The summed E-state index contributed by atoms with van der Waals surface area (Å²) < 4.78 is 0. The minimum atomic E-state index is 0. The molecule has 1 aromatic rings. The van der Waals surface area contributed by atoms with Crippen molar-refractivity contribution in [2.24, 2.45) is 0 Å². The molecule has 0 aliphatic rings. The normalized spacial score (nSPS) is 5.50. The zero-order valence-corrected chi connectivity index (χ0v) is 6.99. The fraction of sp³-hybridized carbons (Fsp3) is 0. The molecule has 0 aliphatic heterocycles. The molecule has 0 saturated heterocycles. The quantitative estimate of drug-likeness (QED) is 0.403. The summed E-state index contributed by atoms with van der Waals surface area (Å²) in [7, 11) is 0. The van der Waals surface area contributed by atoms with Crippen LogP contribution in [0.4, 0.5) is 0 Å². The Hall–Kier alpha value is 0.110. The first-order valence-electron chi connectivity index (χ1n) is 1.71. The molecule has 1 nitrogen and oxygen atoms in total. The standard InChI is InChI=1S/C4H4S.CHO.Au/c1-2-4-5-3-1;1-2;/h1-4H;1H;/q;-1;+1. The molecule has 8 heavy (non-hydrogen) atoms. The third kappa shape index (κ3) is 6.11. The third-order valence-electron chi connectivity index (χ3n) is 0.425. The van der Waals surface area contributed by atoms with E-state index < -0.39 is 0 Å². The molecule has 0 saturated carbocycles. The van der Waals surface area contributed by atoms with E-state index in [1.54, 1.807) is 11.3 Å². The molecular formula is C5H5AuOS. The average molecular weight is 310 g/mol. The van der Waals surface area contributed by atoms with Gasteiger partial charge in [-0.05, 0) is 10.8 Å². The van der Waals surface area contributed by atoms with Gasteiger partial charge in [0.25, 0.3) is 0 Å². The van der Waals surface area contributed by atoms with Crippen molar-refractivity contribution < 1.29 is 27.2 Å². The number of rotatable bonds is 0. The molecule has 3 heteroatoms. The summed E-state index contributed by atoms with van der Waals surface area (Å²) in [5.41, 5.74) is 0. The fourth-order valence-corrected chi connectivity index (χ4v) is 0.680. The van der Waals surface area contributed by atoms with Crippen molar-refractivity contribution in [2.45, 2.75) is 0 Å². The Morgan fingerprint density at radius 3 is 1.62 bits per heavy atom. The zero-order chi connectivity index (χ0) is 5.54. The molecule has 0 spiro atoms. The molecule has 0 unspecified atom stereocenters. The maximum atomic E-state index is 7.75. The van der Waals surface area contributed by atoms with E-state index in [9.17, 15) is 0 Å². The Bertz CT molecular complexity index is 79.3. The van der Waals surface area contributed by atoms with Crippen LogP contribution in [0.5, 0.6) is 0 Å². The SMILES string of the molecule is [Au+].[CH-]=O.c1ccsc1. The van der Waals surface area contributed by atoms with Gasteiger partial charge in [0.1, 0.15) is 0 Å². The van der Waals surface area contributed by atoms with E-state index in [-0.39, 0.29) is 22.4 Å². The Morgan fingerprint density at radius 2 is 1.50 bits per heavy atom. The maximum absolute atomic E-state index is 7.75. The minimum Gasteiger partial charge on any atom is -0.545 e. The first-order chi connectivity index (χ1) is 3.50. The van der Waals surface area contributed by atoms with Crippen LogP contribution in [0.2, 0.25) is 0 Å². The molecule has 0 atom stereocenters. The van der Waals surface area contributed by atoms with Crippen LogP contribution in [-0.2, 0) is 27.2 Å². The Kier molecular flexibility index (Phi) is 14.0. The van der Waals surface area contributed by atoms with Gasteiger partial charge in [0.2, 0.25) is 0 Å². The molecule has 0 fully saturated rings. The third-order valence-corrected chi connectivity index (χ3v) is 1.05. The van der Waals surface area contributed by atoms with Crippen LogP contribution < -0.4 is 0 Å². The van der Waals surface area contributed by atoms with Gasteiger partial charge in [-0.1, -0.05) is 12.1 Å². The van der Waals surface area contributed by atoms with Crippen LogP contribution in [0.25, 0.3) is 0 Å². The summed E-state index contributed by atoms with van der Waals surface area (Å²) in [6.45, 7) is 3.25. The van der Waals surface area contributed by atoms with E-state index in [1.165, 1.54) is 0 Å². The largest absolute Gasteiger partial charge is 1.00 e. The number of carbonyl (C=O) groups excluding carboxylic acids is 1. The second-order valence-corrected chi connectivity index (χ2v) is 1.61. The van der Waals surface area contributed by atoms with Crippen molar-refractivity contribution in [1.29, 1.82) is 0 Å². The van der Waals surface area contributed by atoms with Gasteiger partial charge in [-0.3, -0.25) is 6.79 Å². The Balaban J connectivity index is 0. The van der Waals surface area contributed by atoms with E-state index >= 15 is 0 Å². The van der Waals surface area contributed by atoms with Gasteiger partial charge in [0.15, 0.2) is 0 Å². The first kappa shape index (κ1) is 11.0. The predicted molar refractivity (Wildman–Crippen MR) is 31.1 cm³/mol. The molecule has 48 valence electrons. The van der Waals surface area contributed by atoms with Crippen LogP contribution >= 0.6 is 11.3 Å². The Labute approximate surface area is 68.2 Å². The molecule has 0 aromatic carbocycles. The van der Waals surface area contributed by atoms with Crippen molar-refractivity contribution in [3.05, 3.63) is 22.9 Å². The summed E-state index contributed by atoms with van der Waals surface area (Å²) in [5, 5.41) is 4.08. The van der Waals surface area contributed by atoms with Crippen molar-refractivity contribution in [1.82, 2.24) is 0 Å². The number of thiophene rings is 1. The second-order valence-electron chi connectivity index (χ2n) is 0.793. The number of hydrogen-bond donors (Lipinski definition) is 0. The monoisotopic (exact) mass is 310 g/mol. The van der Waals surface area contributed by atoms with Crippen LogP contribution in [0.15, 0.2) is 22.9 Å². The van der Waals surface area contributed by atoms with Gasteiger partial charge in [-0.2, -0.15) is 11.3 Å². The summed E-state index contributed by atoms with van der Waals surface area (Å²) in [4.78, 5) is 7.75. The van der Waals surface area contributed by atoms with Crippen molar-refractivity contribution in [3.63, 3.8) is 0 Å². The molecule has 1 heterocycles. The van der Waals surface area contributed by atoms with Crippen molar-refractivity contribution >= 4 is 18.1 Å². The van der Waals surface area contributed by atoms with Crippen molar-refractivity contribution in [3.8, 4) is 0 Å². The van der Waals surface area contributed by atoms with Gasteiger partial charge >= 0.3 is 22.4 Å². The van der Waals surface area contributed by atoms with Crippen LogP contribution in [0, 0.1) is 0 Å². The van der Waals surface area contributed by atoms with Crippen LogP contribution in [-0.4, -0.2) is 6.79 Å². The number of hydrogen-bond acceptors (Lipinski definition) is 2. The van der Waals surface area contributed by atoms with E-state index in [2.05, 4.69) is 6.79 Å². The Morgan fingerprint density at radius 1 is 1.12 bits per heavy atom. The smallest absolute Gasteiger partial charge is 0.545 e. The molecule has 1 rings (SSSR count). The molecule has 1 aromatic heterocycles. The average Bonchev–Trinajstić information content (AvgIpc) is 2.23. The first-order valence-corrected chi connectivity index (χ1v) is 2.65. The summed E-state index contributed by atoms with van der Waals surface area (Å²) >= 11 is 1.71. The van der Waals surface area contributed by atoms with Gasteiger partial charge in [0, 0.05) is 0 Å². The topological polar surface area (TPSA) is 17.1 Å². The second kappa shape index (κ2) is 10.2. The van der Waals surface area contributed by atoms with Crippen LogP contribution in [0.3, 0.4) is 0 Å². The van der Waals surface area contributed by atoms with E-state index in [4.69, 9.17) is 4.79 Å². The molecule has 0 bridgehead atoms. The minimum absolute atomic E-state index is 0. The van der Waals surface area contributed by atoms with Gasteiger partial charge in [0.05, 0.1) is 0 Å². The molecule has 0 N–H and O–H groups in total. The van der Waals surface area contributed by atoms with Gasteiger partial charge < -0.3 is 4.79 Å². The molecule has 0 amide bonds. The summed E-state index contributed by atoms with van der Waals surface area (Å²) in [6, 6.07) is 4.04. The molecule has 0 radical (unpaired) electrons. The van der Waals surface area contributed by atoms with E-state index in [0.717, 1.165) is 0 Å². The van der Waals surface area contributed by atoms with Crippen molar-refractivity contribution in [2.75, 3.05) is 0 Å². The van der Waals surface area contributed by atoms with Crippen LogP contribution in [0.1, 0.15) is 0 Å². The maximum Gasteiger partial charge on any atom is 1.00 e. The fourth-order valence-electron chi connectivity index (χ4n) is 0.227. The van der Waals surface area contributed by atoms with Gasteiger partial charge in [-0.15, -0.1) is 0 Å². The summed E-state index contributed by atoms with van der Waals surface area (Å²) in [6.07, 6.45) is 0. The molecular weight excluding hydrogens is 305 g/mol. The summed E-state index contributed by atoms with van der Waals surface area (Å²) in [5.74, 6) is 0. The predicted octanol–water partition coefficient (Wildman–Crippen LogP) is 1.47. The molecule has 0 aliphatic carbocycles. The van der Waals surface area contributed by atoms with Gasteiger partial charge in [-0.25, -0.2) is 0 Å². The zero-order valence-electron chi connectivity index (χ0n) is 4.00.